The first-order valence-electron chi connectivity index (χ1n) is 9.90. The summed E-state index contributed by atoms with van der Waals surface area (Å²) in [6.07, 6.45) is 9.76. The van der Waals surface area contributed by atoms with Gasteiger partial charge in [-0.1, -0.05) is 31.3 Å². The van der Waals surface area contributed by atoms with E-state index in [-0.39, 0.29) is 17.3 Å². The third-order valence-corrected chi connectivity index (χ3v) is 5.88. The van der Waals surface area contributed by atoms with Crippen molar-refractivity contribution in [1.82, 2.24) is 0 Å². The zero-order chi connectivity index (χ0) is 18.5. The summed E-state index contributed by atoms with van der Waals surface area (Å²) >= 11 is 0. The highest BCUT2D eigenvalue weighted by atomic mass is 19.1. The topological polar surface area (TPSA) is 0 Å². The molecule has 0 spiro atoms. The van der Waals surface area contributed by atoms with Crippen molar-refractivity contribution < 1.29 is 13.2 Å². The molecule has 1 atom stereocenters. The summed E-state index contributed by atoms with van der Waals surface area (Å²) in [5.74, 6) is 6.23. The smallest absolute Gasteiger partial charge is 0.142 e. The molecule has 0 nitrogen and oxygen atoms in total. The summed E-state index contributed by atoms with van der Waals surface area (Å²) in [6, 6.07) is 2.81. The Kier molecular flexibility index (Phi) is 6.46. The average molecular weight is 360 g/mol. The lowest BCUT2D eigenvalue weighted by Gasteiger charge is -2.33. The van der Waals surface area contributed by atoms with E-state index in [9.17, 15) is 13.2 Å². The van der Waals surface area contributed by atoms with Gasteiger partial charge in [0.15, 0.2) is 0 Å². The molecular formula is C23H27F3. The van der Waals surface area contributed by atoms with E-state index in [1.807, 2.05) is 6.92 Å². The van der Waals surface area contributed by atoms with Gasteiger partial charge in [0, 0.05) is 5.92 Å². The first-order chi connectivity index (χ1) is 12.6. The van der Waals surface area contributed by atoms with Gasteiger partial charge in [-0.3, -0.25) is 0 Å². The molecule has 3 rings (SSSR count). The van der Waals surface area contributed by atoms with Crippen LogP contribution in [-0.2, 0) is 6.42 Å². The van der Waals surface area contributed by atoms with Crippen molar-refractivity contribution in [2.75, 3.05) is 0 Å². The van der Waals surface area contributed by atoms with Crippen molar-refractivity contribution in [2.45, 2.75) is 64.7 Å². The van der Waals surface area contributed by atoms with Gasteiger partial charge in [-0.15, -0.1) is 0 Å². The summed E-state index contributed by atoms with van der Waals surface area (Å²) in [4.78, 5) is 0. The number of allylic oxidation sites excluding steroid dienone is 2. The predicted octanol–water partition coefficient (Wildman–Crippen LogP) is 6.73. The molecule has 0 bridgehead atoms. The Morgan fingerprint density at radius 3 is 2.23 bits per heavy atom. The fourth-order valence-corrected chi connectivity index (χ4v) is 4.34. The van der Waals surface area contributed by atoms with Gasteiger partial charge in [0.2, 0.25) is 0 Å². The van der Waals surface area contributed by atoms with Crippen LogP contribution >= 0.6 is 0 Å². The Labute approximate surface area is 154 Å². The van der Waals surface area contributed by atoms with E-state index >= 15 is 0 Å². The molecule has 0 amide bonds. The van der Waals surface area contributed by atoms with Crippen molar-refractivity contribution in [1.29, 1.82) is 0 Å². The summed E-state index contributed by atoms with van der Waals surface area (Å²) in [7, 11) is 0. The van der Waals surface area contributed by atoms with E-state index in [4.69, 9.17) is 0 Å². The van der Waals surface area contributed by atoms with Crippen molar-refractivity contribution in [2.24, 2.45) is 17.8 Å². The van der Waals surface area contributed by atoms with Crippen LogP contribution in [0, 0.1) is 41.2 Å². The maximum Gasteiger partial charge on any atom is 0.142 e. The lowest BCUT2D eigenvalue weighted by molar-refractivity contribution is 0.208. The van der Waals surface area contributed by atoms with Crippen LogP contribution in [0.25, 0.3) is 0 Å². The number of hydrogen-bond acceptors (Lipinski definition) is 0. The Morgan fingerprint density at radius 2 is 1.65 bits per heavy atom. The highest BCUT2D eigenvalue weighted by molar-refractivity contribution is 5.39. The van der Waals surface area contributed by atoms with Crippen molar-refractivity contribution in [3.63, 3.8) is 0 Å². The fourth-order valence-electron chi connectivity index (χ4n) is 4.34. The molecule has 1 aromatic rings. The quantitative estimate of drug-likeness (QED) is 0.524. The van der Waals surface area contributed by atoms with Gasteiger partial charge in [0.1, 0.15) is 11.6 Å². The second kappa shape index (κ2) is 8.80. The molecule has 2 aliphatic carbocycles. The highest BCUT2D eigenvalue weighted by Gasteiger charge is 2.28. The zero-order valence-corrected chi connectivity index (χ0v) is 15.5. The average Bonchev–Trinajstić information content (AvgIpc) is 2.62. The van der Waals surface area contributed by atoms with E-state index in [2.05, 4.69) is 11.8 Å². The van der Waals surface area contributed by atoms with Gasteiger partial charge in [-0.25, -0.2) is 13.2 Å². The van der Waals surface area contributed by atoms with Gasteiger partial charge < -0.3 is 0 Å². The van der Waals surface area contributed by atoms with Crippen LogP contribution in [0.3, 0.4) is 0 Å². The molecule has 1 aromatic carbocycles. The van der Waals surface area contributed by atoms with Crippen LogP contribution < -0.4 is 0 Å². The second-order valence-electron chi connectivity index (χ2n) is 7.75. The van der Waals surface area contributed by atoms with Gasteiger partial charge in [-0.2, -0.15) is 0 Å². The summed E-state index contributed by atoms with van der Waals surface area (Å²) < 4.78 is 41.5. The summed E-state index contributed by atoms with van der Waals surface area (Å²) in [5, 5.41) is 0. The third kappa shape index (κ3) is 4.72. The van der Waals surface area contributed by atoms with E-state index in [0.717, 1.165) is 44.9 Å². The summed E-state index contributed by atoms with van der Waals surface area (Å²) in [6.45, 7) is 1.99. The first kappa shape index (κ1) is 19.1. The molecule has 0 aliphatic heterocycles. The molecule has 0 N–H and O–H groups in total. The molecule has 0 saturated heterocycles. The number of benzene rings is 1. The zero-order valence-electron chi connectivity index (χ0n) is 15.5. The number of aryl methyl sites for hydroxylation is 1. The predicted molar refractivity (Wildman–Crippen MR) is 99.2 cm³/mol. The minimum Gasteiger partial charge on any atom is -0.212 e. The molecule has 2 aliphatic rings. The molecule has 3 heteroatoms. The Balaban J connectivity index is 1.59. The molecule has 1 saturated carbocycles. The maximum absolute atomic E-state index is 14.1. The minimum atomic E-state index is -0.550. The van der Waals surface area contributed by atoms with Crippen LogP contribution in [0.5, 0.6) is 0 Å². The SMILES string of the molecule is CCCc1cc(F)c(C#CC2CCC(C3CC=C(F)CC3)CC2)c(F)c1. The molecule has 0 radical (unpaired) electrons. The molecule has 0 heterocycles. The van der Waals surface area contributed by atoms with Crippen LogP contribution in [0.15, 0.2) is 24.0 Å². The highest BCUT2D eigenvalue weighted by Crippen LogP contribution is 2.39. The Hall–Kier alpha value is -1.69. The van der Waals surface area contributed by atoms with E-state index in [0.29, 0.717) is 30.2 Å². The van der Waals surface area contributed by atoms with Gasteiger partial charge in [0.25, 0.3) is 0 Å². The Morgan fingerprint density at radius 1 is 0.962 bits per heavy atom. The molecular weight excluding hydrogens is 333 g/mol. The monoisotopic (exact) mass is 360 g/mol. The lowest BCUT2D eigenvalue weighted by Crippen LogP contribution is -2.22. The van der Waals surface area contributed by atoms with Crippen molar-refractivity contribution in [3.05, 3.63) is 46.8 Å². The minimum absolute atomic E-state index is 0.0369. The fraction of sp³-hybridized carbons (Fsp3) is 0.565. The number of halogens is 3. The van der Waals surface area contributed by atoms with E-state index < -0.39 is 11.6 Å². The lowest BCUT2D eigenvalue weighted by atomic mass is 9.72. The standard InChI is InChI=1S/C23H27F3/c1-2-3-17-14-22(25)21(23(26)15-17)13-6-16-4-7-18(8-5-16)19-9-11-20(24)12-10-19/h11,14-16,18-19H,2-5,7-10,12H2,1H3. The normalized spacial score (nSPS) is 26.0. The maximum atomic E-state index is 14.1. The van der Waals surface area contributed by atoms with Crippen molar-refractivity contribution >= 4 is 0 Å². The molecule has 26 heavy (non-hydrogen) atoms. The van der Waals surface area contributed by atoms with E-state index in [1.165, 1.54) is 12.1 Å². The second-order valence-corrected chi connectivity index (χ2v) is 7.75. The number of rotatable bonds is 3. The van der Waals surface area contributed by atoms with Crippen molar-refractivity contribution in [3.8, 4) is 11.8 Å². The van der Waals surface area contributed by atoms with Gasteiger partial charge >= 0.3 is 0 Å². The third-order valence-electron chi connectivity index (χ3n) is 5.88. The van der Waals surface area contributed by atoms with E-state index in [1.54, 1.807) is 6.08 Å². The van der Waals surface area contributed by atoms with Gasteiger partial charge in [0.05, 0.1) is 11.4 Å². The molecule has 1 fully saturated rings. The van der Waals surface area contributed by atoms with Crippen LogP contribution in [0.1, 0.15) is 69.4 Å². The van der Waals surface area contributed by atoms with Gasteiger partial charge in [-0.05, 0) is 80.9 Å². The number of hydrogen-bond donors (Lipinski definition) is 0. The molecule has 1 unspecified atom stereocenters. The molecule has 140 valence electrons. The van der Waals surface area contributed by atoms with Crippen LogP contribution in [-0.4, -0.2) is 0 Å². The molecule has 0 aromatic heterocycles. The first-order valence-corrected chi connectivity index (χ1v) is 9.90. The largest absolute Gasteiger partial charge is 0.212 e. The Bertz CT molecular complexity index is 692. The van der Waals surface area contributed by atoms with Crippen LogP contribution in [0.2, 0.25) is 0 Å². The van der Waals surface area contributed by atoms with Crippen LogP contribution in [0.4, 0.5) is 13.2 Å². The summed E-state index contributed by atoms with van der Waals surface area (Å²) in [5.41, 5.74) is 0.589.